The molecule has 0 fully saturated rings. The zero-order valence-electron chi connectivity index (χ0n) is 10.2. The molecule has 0 aliphatic carbocycles. The van der Waals surface area contributed by atoms with Crippen molar-refractivity contribution in [3.63, 3.8) is 0 Å². The molecule has 0 atom stereocenters. The van der Waals surface area contributed by atoms with Crippen molar-refractivity contribution in [3.8, 4) is 11.4 Å². The molecule has 3 aromatic rings. The number of hydrogen-bond acceptors (Lipinski definition) is 4. The second-order valence-electron chi connectivity index (χ2n) is 3.97. The first-order valence-electron chi connectivity index (χ1n) is 5.98. The van der Waals surface area contributed by atoms with E-state index in [0.29, 0.717) is 5.95 Å². The van der Waals surface area contributed by atoms with Crippen molar-refractivity contribution >= 4 is 11.6 Å². The van der Waals surface area contributed by atoms with Gasteiger partial charge < -0.3 is 5.32 Å². The minimum absolute atomic E-state index is 0.564. The van der Waals surface area contributed by atoms with Gasteiger partial charge in [0.25, 0.3) is 0 Å². The summed E-state index contributed by atoms with van der Waals surface area (Å²) in [4.78, 5) is 12.9. The van der Waals surface area contributed by atoms with E-state index >= 15 is 0 Å². The zero-order valence-corrected chi connectivity index (χ0v) is 10.2. The summed E-state index contributed by atoms with van der Waals surface area (Å²) in [5.74, 6) is 0.564. The molecule has 0 saturated carbocycles. The zero-order chi connectivity index (χ0) is 12.9. The fourth-order valence-corrected chi connectivity index (χ4v) is 1.73. The predicted molar refractivity (Wildman–Crippen MR) is 75.0 cm³/mol. The average Bonchev–Trinajstić information content (AvgIpc) is 2.49. The van der Waals surface area contributed by atoms with Crippen molar-refractivity contribution in [1.82, 2.24) is 15.0 Å². The maximum Gasteiger partial charge on any atom is 0.227 e. The maximum atomic E-state index is 4.45. The highest BCUT2D eigenvalue weighted by atomic mass is 15.1. The number of pyridine rings is 1. The Kier molecular flexibility index (Phi) is 3.14. The third-order valence-electron chi connectivity index (χ3n) is 2.61. The molecule has 4 heteroatoms. The first-order valence-corrected chi connectivity index (χ1v) is 5.98. The van der Waals surface area contributed by atoms with Crippen LogP contribution in [0.15, 0.2) is 67.0 Å². The molecule has 0 amide bonds. The summed E-state index contributed by atoms with van der Waals surface area (Å²) in [5.41, 5.74) is 2.59. The topological polar surface area (TPSA) is 50.7 Å². The summed E-state index contributed by atoms with van der Waals surface area (Å²) < 4.78 is 0. The molecule has 3 rings (SSSR count). The summed E-state index contributed by atoms with van der Waals surface area (Å²) in [6, 6.07) is 17.4. The Balaban J connectivity index is 1.89. The van der Waals surface area contributed by atoms with E-state index in [0.717, 1.165) is 17.1 Å². The fourth-order valence-electron chi connectivity index (χ4n) is 1.73. The first-order chi connectivity index (χ1) is 9.42. The van der Waals surface area contributed by atoms with Gasteiger partial charge in [-0.15, -0.1) is 0 Å². The normalized spacial score (nSPS) is 10.1. The van der Waals surface area contributed by atoms with E-state index in [9.17, 15) is 0 Å². The second kappa shape index (κ2) is 5.27. The Labute approximate surface area is 111 Å². The Hall–Kier alpha value is -2.75. The van der Waals surface area contributed by atoms with Crippen LogP contribution in [0.2, 0.25) is 0 Å². The van der Waals surface area contributed by atoms with Crippen LogP contribution in [0.4, 0.5) is 11.6 Å². The number of nitrogens with zero attached hydrogens (tertiary/aromatic N) is 3. The third-order valence-corrected chi connectivity index (χ3v) is 2.61. The molecule has 0 saturated heterocycles. The Morgan fingerprint density at radius 1 is 0.684 bits per heavy atom. The largest absolute Gasteiger partial charge is 0.324 e. The molecule has 2 aromatic heterocycles. The predicted octanol–water partition coefficient (Wildman–Crippen LogP) is 3.28. The van der Waals surface area contributed by atoms with Gasteiger partial charge in [0.15, 0.2) is 0 Å². The summed E-state index contributed by atoms with van der Waals surface area (Å²) in [6.07, 6.45) is 3.48. The smallest absolute Gasteiger partial charge is 0.227 e. The molecular weight excluding hydrogens is 236 g/mol. The number of rotatable bonds is 3. The molecule has 1 aromatic carbocycles. The fraction of sp³-hybridized carbons (Fsp3) is 0. The minimum atomic E-state index is 0.564. The van der Waals surface area contributed by atoms with Crippen LogP contribution in [-0.4, -0.2) is 15.0 Å². The van der Waals surface area contributed by atoms with Gasteiger partial charge in [-0.2, -0.15) is 0 Å². The van der Waals surface area contributed by atoms with E-state index in [1.54, 1.807) is 12.4 Å². The van der Waals surface area contributed by atoms with Gasteiger partial charge in [-0.1, -0.05) is 24.3 Å². The third kappa shape index (κ3) is 2.74. The van der Waals surface area contributed by atoms with Crippen molar-refractivity contribution in [1.29, 1.82) is 0 Å². The van der Waals surface area contributed by atoms with Crippen molar-refractivity contribution in [2.75, 3.05) is 5.32 Å². The standard InChI is InChI=1S/C15H12N4/c1-2-6-12(7-3-1)18-15-17-11-9-14(19-15)13-8-4-5-10-16-13/h1-11H,(H,17,18,19). The van der Waals surface area contributed by atoms with Gasteiger partial charge in [0.05, 0.1) is 11.4 Å². The molecule has 1 N–H and O–H groups in total. The Morgan fingerprint density at radius 2 is 1.53 bits per heavy atom. The molecule has 92 valence electrons. The molecule has 2 heterocycles. The molecule has 0 radical (unpaired) electrons. The lowest BCUT2D eigenvalue weighted by Crippen LogP contribution is -1.98. The summed E-state index contributed by atoms with van der Waals surface area (Å²) >= 11 is 0. The van der Waals surface area contributed by atoms with E-state index in [1.165, 1.54) is 0 Å². The number of anilines is 2. The molecule has 0 bridgehead atoms. The molecule has 0 spiro atoms. The summed E-state index contributed by atoms with van der Waals surface area (Å²) in [7, 11) is 0. The van der Waals surface area contributed by atoms with Crippen LogP contribution >= 0.6 is 0 Å². The van der Waals surface area contributed by atoms with Crippen molar-refractivity contribution in [2.24, 2.45) is 0 Å². The quantitative estimate of drug-likeness (QED) is 0.772. The van der Waals surface area contributed by atoms with Crippen LogP contribution in [0.5, 0.6) is 0 Å². The van der Waals surface area contributed by atoms with Crippen LogP contribution in [0.25, 0.3) is 11.4 Å². The van der Waals surface area contributed by atoms with Crippen molar-refractivity contribution < 1.29 is 0 Å². The van der Waals surface area contributed by atoms with E-state index in [4.69, 9.17) is 0 Å². The van der Waals surface area contributed by atoms with E-state index in [1.807, 2.05) is 54.6 Å². The Morgan fingerprint density at radius 3 is 2.32 bits per heavy atom. The molecular formula is C15H12N4. The lowest BCUT2D eigenvalue weighted by Gasteiger charge is -2.05. The van der Waals surface area contributed by atoms with Crippen LogP contribution in [-0.2, 0) is 0 Å². The second-order valence-corrected chi connectivity index (χ2v) is 3.97. The number of para-hydroxylation sites is 1. The van der Waals surface area contributed by atoms with Crippen LogP contribution in [0.1, 0.15) is 0 Å². The van der Waals surface area contributed by atoms with E-state index in [2.05, 4.69) is 20.3 Å². The summed E-state index contributed by atoms with van der Waals surface area (Å²) in [5, 5.41) is 3.16. The summed E-state index contributed by atoms with van der Waals surface area (Å²) in [6.45, 7) is 0. The number of nitrogens with one attached hydrogen (secondary N) is 1. The number of benzene rings is 1. The van der Waals surface area contributed by atoms with Gasteiger partial charge in [-0.25, -0.2) is 9.97 Å². The molecule has 0 unspecified atom stereocenters. The highest BCUT2D eigenvalue weighted by molar-refractivity contribution is 5.58. The number of hydrogen-bond donors (Lipinski definition) is 1. The van der Waals surface area contributed by atoms with Gasteiger partial charge in [0.1, 0.15) is 0 Å². The van der Waals surface area contributed by atoms with Gasteiger partial charge in [0.2, 0.25) is 5.95 Å². The van der Waals surface area contributed by atoms with Gasteiger partial charge in [-0.3, -0.25) is 4.98 Å². The molecule has 4 nitrogen and oxygen atoms in total. The lowest BCUT2D eigenvalue weighted by atomic mass is 10.2. The SMILES string of the molecule is c1ccc(Nc2nccc(-c3ccccn3)n2)cc1. The number of aromatic nitrogens is 3. The highest BCUT2D eigenvalue weighted by Crippen LogP contribution is 2.16. The molecule has 0 aliphatic heterocycles. The monoisotopic (exact) mass is 248 g/mol. The van der Waals surface area contributed by atoms with Crippen LogP contribution in [0.3, 0.4) is 0 Å². The lowest BCUT2D eigenvalue weighted by molar-refractivity contribution is 1.15. The van der Waals surface area contributed by atoms with Crippen molar-refractivity contribution in [2.45, 2.75) is 0 Å². The maximum absolute atomic E-state index is 4.45. The van der Waals surface area contributed by atoms with Gasteiger partial charge in [0, 0.05) is 18.1 Å². The van der Waals surface area contributed by atoms with Crippen LogP contribution < -0.4 is 5.32 Å². The van der Waals surface area contributed by atoms with Crippen molar-refractivity contribution in [3.05, 3.63) is 67.0 Å². The minimum Gasteiger partial charge on any atom is -0.324 e. The molecule has 0 aliphatic rings. The van der Waals surface area contributed by atoms with E-state index in [-0.39, 0.29) is 0 Å². The Bertz CT molecular complexity index is 653. The average molecular weight is 248 g/mol. The van der Waals surface area contributed by atoms with Crippen LogP contribution in [0, 0.1) is 0 Å². The van der Waals surface area contributed by atoms with Gasteiger partial charge in [-0.05, 0) is 30.3 Å². The highest BCUT2D eigenvalue weighted by Gasteiger charge is 2.02. The van der Waals surface area contributed by atoms with E-state index < -0.39 is 0 Å². The first kappa shape index (κ1) is 11.3. The molecule has 19 heavy (non-hydrogen) atoms. The van der Waals surface area contributed by atoms with Gasteiger partial charge >= 0.3 is 0 Å².